The summed E-state index contributed by atoms with van der Waals surface area (Å²) in [5.74, 6) is -1.19. The molecule has 0 atom stereocenters. The van der Waals surface area contributed by atoms with E-state index < -0.39 is 5.97 Å². The molecule has 0 spiro atoms. The van der Waals surface area contributed by atoms with E-state index in [0.717, 1.165) is 35.7 Å². The highest BCUT2D eigenvalue weighted by molar-refractivity contribution is 7.16. The number of benzene rings is 1. The van der Waals surface area contributed by atoms with Gasteiger partial charge in [0.2, 0.25) is 0 Å². The summed E-state index contributed by atoms with van der Waals surface area (Å²) >= 11 is 1.53. The highest BCUT2D eigenvalue weighted by Crippen LogP contribution is 2.50. The van der Waals surface area contributed by atoms with Crippen molar-refractivity contribution in [2.45, 2.75) is 51.4 Å². The van der Waals surface area contributed by atoms with E-state index in [9.17, 15) is 4.79 Å². The number of anilines is 1. The number of hydrogen-bond acceptors (Lipinski definition) is 4. The summed E-state index contributed by atoms with van der Waals surface area (Å²) in [4.78, 5) is 15.6. The maximum absolute atomic E-state index is 11.1. The molecule has 150 valence electrons. The van der Waals surface area contributed by atoms with Crippen molar-refractivity contribution in [3.05, 3.63) is 45.8 Å². The summed E-state index contributed by atoms with van der Waals surface area (Å²) in [5, 5.41) is 18.1. The molecule has 1 aromatic carbocycles. The van der Waals surface area contributed by atoms with Crippen LogP contribution in [0.4, 0.5) is 5.69 Å². The Labute approximate surface area is 176 Å². The van der Waals surface area contributed by atoms with Crippen LogP contribution in [0.1, 0.15) is 56.5 Å². The Morgan fingerprint density at radius 1 is 1.14 bits per heavy atom. The van der Waals surface area contributed by atoms with Crippen LogP contribution in [0.5, 0.6) is 0 Å². The monoisotopic (exact) mass is 406 g/mol. The van der Waals surface area contributed by atoms with Gasteiger partial charge in [-0.15, -0.1) is 11.3 Å². The molecule has 0 saturated carbocycles. The minimum atomic E-state index is -1.19. The van der Waals surface area contributed by atoms with Crippen LogP contribution in [0.2, 0.25) is 0 Å². The molecule has 0 unspecified atom stereocenters. The Balaban J connectivity index is 1.86. The lowest BCUT2D eigenvalue weighted by Gasteiger charge is -2.48. The van der Waals surface area contributed by atoms with Crippen LogP contribution < -0.4 is 4.90 Å². The molecular weight excluding hydrogens is 380 g/mol. The van der Waals surface area contributed by atoms with Gasteiger partial charge in [0.25, 0.3) is 0 Å². The van der Waals surface area contributed by atoms with Gasteiger partial charge in [0, 0.05) is 28.5 Å². The van der Waals surface area contributed by atoms with E-state index in [0.29, 0.717) is 0 Å². The third-order valence-electron chi connectivity index (χ3n) is 6.45. The van der Waals surface area contributed by atoms with Crippen LogP contribution in [0, 0.1) is 11.3 Å². The van der Waals surface area contributed by atoms with Crippen LogP contribution in [0.25, 0.3) is 16.5 Å². The fraction of sp³-hybridized carbons (Fsp3) is 0.417. The Morgan fingerprint density at radius 3 is 2.24 bits per heavy atom. The SMILES string of the molecule is CC1(C)CCN2CCC(C)(C)c3cc(-c4ccc(/C=C(\C#N)C(=O)O)s4)cc1c32. The zero-order chi connectivity index (χ0) is 21.0. The van der Waals surface area contributed by atoms with Crippen molar-refractivity contribution in [3.8, 4) is 16.5 Å². The van der Waals surface area contributed by atoms with Crippen LogP contribution in [-0.2, 0) is 15.6 Å². The Kier molecular flexibility index (Phi) is 4.59. The van der Waals surface area contributed by atoms with Gasteiger partial charge in [-0.25, -0.2) is 4.79 Å². The zero-order valence-electron chi connectivity index (χ0n) is 17.4. The van der Waals surface area contributed by atoms with Crippen molar-refractivity contribution in [2.75, 3.05) is 18.0 Å². The van der Waals surface area contributed by atoms with Crippen LogP contribution in [-0.4, -0.2) is 24.2 Å². The molecule has 1 N–H and O–H groups in total. The molecular formula is C24H26N2O2S. The summed E-state index contributed by atoms with van der Waals surface area (Å²) in [6.45, 7) is 11.6. The highest BCUT2D eigenvalue weighted by atomic mass is 32.1. The van der Waals surface area contributed by atoms with Gasteiger partial charge in [0.1, 0.15) is 11.6 Å². The second-order valence-electron chi connectivity index (χ2n) is 9.35. The van der Waals surface area contributed by atoms with Gasteiger partial charge in [-0.3, -0.25) is 0 Å². The zero-order valence-corrected chi connectivity index (χ0v) is 18.2. The van der Waals surface area contributed by atoms with E-state index in [4.69, 9.17) is 10.4 Å². The molecule has 0 fully saturated rings. The van der Waals surface area contributed by atoms with Gasteiger partial charge in [0.05, 0.1) is 0 Å². The molecule has 3 heterocycles. The number of carboxylic acids is 1. The average Bonchev–Trinajstić information content (AvgIpc) is 3.12. The van der Waals surface area contributed by atoms with Crippen molar-refractivity contribution in [3.63, 3.8) is 0 Å². The number of carbonyl (C=O) groups is 1. The van der Waals surface area contributed by atoms with Crippen LogP contribution >= 0.6 is 11.3 Å². The van der Waals surface area contributed by atoms with E-state index >= 15 is 0 Å². The number of carboxylic acid groups (broad SMARTS) is 1. The third-order valence-corrected chi connectivity index (χ3v) is 7.53. The molecule has 0 radical (unpaired) electrons. The number of aliphatic carboxylic acids is 1. The first-order valence-corrected chi connectivity index (χ1v) is 10.8. The Morgan fingerprint density at radius 2 is 1.72 bits per heavy atom. The lowest BCUT2D eigenvalue weighted by atomic mass is 9.69. The summed E-state index contributed by atoms with van der Waals surface area (Å²) in [5.41, 5.74) is 5.45. The molecule has 0 aliphatic carbocycles. The number of rotatable bonds is 3. The standard InChI is InChI=1S/C24H26N2O2S/c1-23(2)7-9-26-10-8-24(3,4)19-13-15(12-18(23)21(19)26)20-6-5-17(29-20)11-16(14-25)22(27)28/h5-6,11-13H,7-10H2,1-4H3,(H,27,28)/b16-11+. The van der Waals surface area contributed by atoms with E-state index in [-0.39, 0.29) is 16.4 Å². The van der Waals surface area contributed by atoms with Crippen molar-refractivity contribution < 1.29 is 9.90 Å². The smallest absolute Gasteiger partial charge is 0.346 e. The average molecular weight is 407 g/mol. The summed E-state index contributed by atoms with van der Waals surface area (Å²) in [6.07, 6.45) is 3.74. The minimum Gasteiger partial charge on any atom is -0.477 e. The lowest BCUT2D eigenvalue weighted by molar-refractivity contribution is -0.132. The van der Waals surface area contributed by atoms with Crippen molar-refractivity contribution in [1.82, 2.24) is 0 Å². The maximum Gasteiger partial charge on any atom is 0.346 e. The molecule has 4 nitrogen and oxygen atoms in total. The molecule has 5 heteroatoms. The Hall–Kier alpha value is -2.58. The molecule has 0 bridgehead atoms. The predicted octanol–water partition coefficient (Wildman–Crippen LogP) is 5.58. The summed E-state index contributed by atoms with van der Waals surface area (Å²) in [6, 6.07) is 10.3. The Bertz CT molecular complexity index is 1030. The van der Waals surface area contributed by atoms with Crippen LogP contribution in [0.15, 0.2) is 29.8 Å². The number of thiophene rings is 1. The predicted molar refractivity (Wildman–Crippen MR) is 118 cm³/mol. The lowest BCUT2D eigenvalue weighted by Crippen LogP contribution is -2.44. The summed E-state index contributed by atoms with van der Waals surface area (Å²) in [7, 11) is 0. The molecule has 1 aromatic heterocycles. The van der Waals surface area contributed by atoms with E-state index in [1.807, 2.05) is 12.1 Å². The van der Waals surface area contributed by atoms with E-state index in [1.54, 1.807) is 6.07 Å². The number of nitriles is 1. The number of nitrogens with zero attached hydrogens (tertiary/aromatic N) is 2. The summed E-state index contributed by atoms with van der Waals surface area (Å²) < 4.78 is 0. The minimum absolute atomic E-state index is 0.126. The molecule has 2 aromatic rings. The molecule has 0 saturated heterocycles. The third kappa shape index (κ3) is 3.36. The topological polar surface area (TPSA) is 64.3 Å². The van der Waals surface area contributed by atoms with Gasteiger partial charge in [-0.05, 0) is 70.7 Å². The van der Waals surface area contributed by atoms with E-state index in [2.05, 4.69) is 44.7 Å². The van der Waals surface area contributed by atoms with Crippen molar-refractivity contribution in [2.24, 2.45) is 0 Å². The van der Waals surface area contributed by atoms with E-state index in [1.165, 1.54) is 39.8 Å². The normalized spacial score (nSPS) is 19.4. The molecule has 2 aliphatic heterocycles. The second-order valence-corrected chi connectivity index (χ2v) is 10.5. The fourth-order valence-electron chi connectivity index (χ4n) is 4.45. The first kappa shape index (κ1) is 19.7. The largest absolute Gasteiger partial charge is 0.477 e. The highest BCUT2D eigenvalue weighted by Gasteiger charge is 2.40. The van der Waals surface area contributed by atoms with Gasteiger partial charge in [-0.1, -0.05) is 27.7 Å². The first-order chi connectivity index (χ1) is 13.6. The second kappa shape index (κ2) is 6.74. The van der Waals surface area contributed by atoms with Gasteiger partial charge in [0.15, 0.2) is 0 Å². The first-order valence-electron chi connectivity index (χ1n) is 10.0. The molecule has 4 rings (SSSR count). The quantitative estimate of drug-likeness (QED) is 0.534. The van der Waals surface area contributed by atoms with Crippen LogP contribution in [0.3, 0.4) is 0 Å². The van der Waals surface area contributed by atoms with Crippen molar-refractivity contribution >= 4 is 29.1 Å². The maximum atomic E-state index is 11.1. The molecule has 29 heavy (non-hydrogen) atoms. The van der Waals surface area contributed by atoms with Gasteiger partial charge in [-0.2, -0.15) is 5.26 Å². The molecule has 0 amide bonds. The van der Waals surface area contributed by atoms with Gasteiger partial charge >= 0.3 is 5.97 Å². The molecule has 2 aliphatic rings. The number of hydrogen-bond donors (Lipinski definition) is 1. The fourth-order valence-corrected chi connectivity index (χ4v) is 5.39. The van der Waals surface area contributed by atoms with Crippen molar-refractivity contribution in [1.29, 1.82) is 5.26 Å². The van der Waals surface area contributed by atoms with Gasteiger partial charge < -0.3 is 10.0 Å².